The number of aromatic amines is 2. The monoisotopic (exact) mass is 410 g/mol. The maximum absolute atomic E-state index is 6.18. The zero-order valence-corrected chi connectivity index (χ0v) is 16.9. The third-order valence-electron chi connectivity index (χ3n) is 5.85. The molecule has 1 saturated heterocycles. The number of nitrogens with zero attached hydrogens (tertiary/aromatic N) is 3. The van der Waals surface area contributed by atoms with Crippen LogP contribution in [0, 0.1) is 0 Å². The summed E-state index contributed by atoms with van der Waals surface area (Å²) in [5.41, 5.74) is 5.77. The molecule has 7 heteroatoms. The zero-order chi connectivity index (χ0) is 20.6. The average Bonchev–Trinajstić information content (AvgIpc) is 3.43. The van der Waals surface area contributed by atoms with Gasteiger partial charge in [-0.3, -0.25) is 10.1 Å². The molecule has 0 radical (unpaired) electrons. The molecule has 0 aliphatic carbocycles. The Bertz CT molecular complexity index is 1330. The molecule has 0 spiro atoms. The van der Waals surface area contributed by atoms with Gasteiger partial charge in [0.25, 0.3) is 0 Å². The third kappa shape index (κ3) is 3.43. The fourth-order valence-corrected chi connectivity index (χ4v) is 4.23. The molecule has 1 aliphatic rings. The van der Waals surface area contributed by atoms with Crippen molar-refractivity contribution in [3.8, 4) is 28.3 Å². The van der Waals surface area contributed by atoms with Crippen LogP contribution >= 0.6 is 0 Å². The molecule has 4 aromatic heterocycles. The summed E-state index contributed by atoms with van der Waals surface area (Å²) in [6.07, 6.45) is 7.75. The molecule has 5 aromatic rings. The minimum absolute atomic E-state index is 0.247. The van der Waals surface area contributed by atoms with E-state index in [1.807, 2.05) is 18.3 Å². The summed E-state index contributed by atoms with van der Waals surface area (Å²) in [6, 6.07) is 14.4. The number of piperidine rings is 1. The Morgan fingerprint density at radius 1 is 0.968 bits per heavy atom. The van der Waals surface area contributed by atoms with Crippen molar-refractivity contribution >= 4 is 21.9 Å². The highest BCUT2D eigenvalue weighted by Gasteiger charge is 2.16. The molecular formula is C24H22N6O. The number of H-pyrrole nitrogens is 2. The van der Waals surface area contributed by atoms with Crippen molar-refractivity contribution in [2.45, 2.75) is 18.9 Å². The molecule has 0 atom stereocenters. The Morgan fingerprint density at radius 3 is 2.81 bits per heavy atom. The summed E-state index contributed by atoms with van der Waals surface area (Å²) in [6.45, 7) is 2.00. The van der Waals surface area contributed by atoms with Gasteiger partial charge in [-0.25, -0.2) is 4.98 Å². The number of benzene rings is 1. The van der Waals surface area contributed by atoms with Gasteiger partial charge in [0, 0.05) is 28.7 Å². The normalized spacial score (nSPS) is 15.0. The third-order valence-corrected chi connectivity index (χ3v) is 5.85. The molecule has 6 rings (SSSR count). The molecule has 3 N–H and O–H groups in total. The van der Waals surface area contributed by atoms with Crippen molar-refractivity contribution in [2.24, 2.45) is 0 Å². The van der Waals surface area contributed by atoms with E-state index in [4.69, 9.17) is 4.74 Å². The number of hydrogen-bond donors (Lipinski definition) is 3. The predicted molar refractivity (Wildman–Crippen MR) is 121 cm³/mol. The number of pyridine rings is 2. The van der Waals surface area contributed by atoms with Crippen LogP contribution in [0.2, 0.25) is 0 Å². The first-order valence-corrected chi connectivity index (χ1v) is 10.6. The van der Waals surface area contributed by atoms with E-state index in [-0.39, 0.29) is 6.10 Å². The van der Waals surface area contributed by atoms with E-state index < -0.39 is 0 Å². The van der Waals surface area contributed by atoms with Crippen molar-refractivity contribution in [3.05, 3.63) is 61.1 Å². The van der Waals surface area contributed by atoms with Crippen molar-refractivity contribution < 1.29 is 4.74 Å². The van der Waals surface area contributed by atoms with Gasteiger partial charge in [-0.2, -0.15) is 5.10 Å². The van der Waals surface area contributed by atoms with E-state index in [1.165, 1.54) is 0 Å². The maximum atomic E-state index is 6.18. The highest BCUT2D eigenvalue weighted by molar-refractivity contribution is 5.97. The van der Waals surface area contributed by atoms with Crippen LogP contribution in [0.4, 0.5) is 0 Å². The second kappa shape index (κ2) is 7.52. The lowest BCUT2D eigenvalue weighted by Crippen LogP contribution is -2.34. The van der Waals surface area contributed by atoms with Gasteiger partial charge in [-0.15, -0.1) is 0 Å². The maximum Gasteiger partial charge on any atom is 0.138 e. The molecular weight excluding hydrogens is 388 g/mol. The van der Waals surface area contributed by atoms with Crippen LogP contribution in [0.1, 0.15) is 12.8 Å². The van der Waals surface area contributed by atoms with Crippen molar-refractivity contribution in [2.75, 3.05) is 13.1 Å². The van der Waals surface area contributed by atoms with Crippen LogP contribution in [0.5, 0.6) is 5.75 Å². The second-order valence-electron chi connectivity index (χ2n) is 7.93. The van der Waals surface area contributed by atoms with E-state index in [9.17, 15) is 0 Å². The molecule has 5 heterocycles. The number of hydrogen-bond acceptors (Lipinski definition) is 5. The summed E-state index contributed by atoms with van der Waals surface area (Å²) in [5.74, 6) is 0.818. The average molecular weight is 410 g/mol. The topological polar surface area (TPSA) is 91.5 Å². The number of nitrogens with one attached hydrogen (secondary N) is 3. The predicted octanol–water partition coefficient (Wildman–Crippen LogP) is 4.30. The molecule has 7 nitrogen and oxygen atoms in total. The molecule has 0 bridgehead atoms. The summed E-state index contributed by atoms with van der Waals surface area (Å²) in [4.78, 5) is 12.2. The van der Waals surface area contributed by atoms with E-state index in [0.29, 0.717) is 0 Å². The van der Waals surface area contributed by atoms with Gasteiger partial charge in [-0.1, -0.05) is 6.07 Å². The van der Waals surface area contributed by atoms with Crippen LogP contribution in [0.25, 0.3) is 44.5 Å². The SMILES string of the molecule is c1cnc2[nH]c(-c3n[nH]c4ccc(-c5cncc(OC6CCNCC6)c5)cc34)cc2c1. The number of rotatable bonds is 4. The van der Waals surface area contributed by atoms with Crippen LogP contribution in [-0.2, 0) is 0 Å². The summed E-state index contributed by atoms with van der Waals surface area (Å²) >= 11 is 0. The van der Waals surface area contributed by atoms with Gasteiger partial charge < -0.3 is 15.0 Å². The lowest BCUT2D eigenvalue weighted by atomic mass is 10.0. The second-order valence-corrected chi connectivity index (χ2v) is 7.93. The van der Waals surface area contributed by atoms with Crippen LogP contribution in [0.15, 0.2) is 61.1 Å². The van der Waals surface area contributed by atoms with Gasteiger partial charge in [0.15, 0.2) is 0 Å². The summed E-state index contributed by atoms with van der Waals surface area (Å²) in [5, 5.41) is 13.2. The van der Waals surface area contributed by atoms with E-state index in [0.717, 1.165) is 76.1 Å². The fourth-order valence-electron chi connectivity index (χ4n) is 4.23. The lowest BCUT2D eigenvalue weighted by molar-refractivity contribution is 0.162. The highest BCUT2D eigenvalue weighted by Crippen LogP contribution is 2.32. The molecule has 1 fully saturated rings. The van der Waals surface area contributed by atoms with E-state index >= 15 is 0 Å². The number of ether oxygens (including phenoxy) is 1. The molecule has 0 unspecified atom stereocenters. The summed E-state index contributed by atoms with van der Waals surface area (Å²) in [7, 11) is 0. The van der Waals surface area contributed by atoms with Gasteiger partial charge in [0.05, 0.1) is 17.4 Å². The van der Waals surface area contributed by atoms with Crippen molar-refractivity contribution in [1.29, 1.82) is 0 Å². The van der Waals surface area contributed by atoms with Gasteiger partial charge >= 0.3 is 0 Å². The Balaban J connectivity index is 1.36. The number of fused-ring (bicyclic) bond motifs is 2. The van der Waals surface area contributed by atoms with E-state index in [1.54, 1.807) is 12.4 Å². The Hall–Kier alpha value is -3.71. The molecule has 1 aliphatic heterocycles. The molecule has 31 heavy (non-hydrogen) atoms. The van der Waals surface area contributed by atoms with Gasteiger partial charge in [0.1, 0.15) is 23.2 Å². The van der Waals surface area contributed by atoms with Crippen molar-refractivity contribution in [1.82, 2.24) is 30.5 Å². The Morgan fingerprint density at radius 2 is 1.90 bits per heavy atom. The zero-order valence-electron chi connectivity index (χ0n) is 16.9. The van der Waals surface area contributed by atoms with Crippen LogP contribution in [0.3, 0.4) is 0 Å². The van der Waals surface area contributed by atoms with Crippen molar-refractivity contribution in [3.63, 3.8) is 0 Å². The first-order valence-electron chi connectivity index (χ1n) is 10.6. The van der Waals surface area contributed by atoms with Crippen LogP contribution in [-0.4, -0.2) is 44.3 Å². The highest BCUT2D eigenvalue weighted by atomic mass is 16.5. The standard InChI is InChI=1S/C24H22N6O/c1-2-16-12-22(28-24(16)27-7-1)23-20-11-15(3-4-21(20)29-30-23)17-10-19(14-26-13-17)31-18-5-8-25-9-6-18/h1-4,7,10-14,18,25H,5-6,8-9H2,(H,27,28)(H,29,30). The quantitative estimate of drug-likeness (QED) is 0.411. The fraction of sp³-hybridized carbons (Fsp3) is 0.208. The van der Waals surface area contributed by atoms with E-state index in [2.05, 4.69) is 60.8 Å². The first-order chi connectivity index (χ1) is 15.3. The minimum atomic E-state index is 0.247. The minimum Gasteiger partial charge on any atom is -0.489 e. The first kappa shape index (κ1) is 18.1. The Kier molecular flexibility index (Phi) is 4.39. The molecule has 154 valence electrons. The largest absolute Gasteiger partial charge is 0.489 e. The van der Waals surface area contributed by atoms with Gasteiger partial charge in [0.2, 0.25) is 0 Å². The molecule has 0 saturated carbocycles. The molecule has 1 aromatic carbocycles. The lowest BCUT2D eigenvalue weighted by Gasteiger charge is -2.23. The van der Waals surface area contributed by atoms with Crippen LogP contribution < -0.4 is 10.1 Å². The van der Waals surface area contributed by atoms with Gasteiger partial charge in [-0.05, 0) is 67.9 Å². The Labute approximate surface area is 178 Å². The smallest absolute Gasteiger partial charge is 0.138 e. The number of aromatic nitrogens is 5. The summed E-state index contributed by atoms with van der Waals surface area (Å²) < 4.78 is 6.18. The molecule has 0 amide bonds.